The number of benzene rings is 3. The molecule has 0 aliphatic rings. The summed E-state index contributed by atoms with van der Waals surface area (Å²) in [5.74, 6) is -0.966. The number of aromatic hydroxyl groups is 2. The molecule has 0 aliphatic heterocycles. The zero-order valence-corrected chi connectivity index (χ0v) is 19.9. The predicted molar refractivity (Wildman–Crippen MR) is 137 cm³/mol. The zero-order valence-electron chi connectivity index (χ0n) is 18.3. The lowest BCUT2D eigenvalue weighted by molar-refractivity contribution is 0.101. The Morgan fingerprint density at radius 3 is 2.54 bits per heavy atom. The molecule has 0 saturated carbocycles. The number of carbonyl (C=O) groups excluding carboxylic acids is 1. The molecule has 0 amide bonds. The van der Waals surface area contributed by atoms with Crippen LogP contribution in [0.25, 0.3) is 37.4 Å². The number of thiazole rings is 1. The second kappa shape index (κ2) is 8.01. The van der Waals surface area contributed by atoms with Gasteiger partial charge in [-0.3, -0.25) is 9.36 Å². The van der Waals surface area contributed by atoms with E-state index in [0.29, 0.717) is 32.7 Å². The van der Waals surface area contributed by atoms with Gasteiger partial charge in [0.15, 0.2) is 16.6 Å². The largest absolute Gasteiger partial charge is 0.503 e. The first kappa shape index (κ1) is 21.5. The van der Waals surface area contributed by atoms with Crippen LogP contribution in [-0.2, 0) is 0 Å². The summed E-state index contributed by atoms with van der Waals surface area (Å²) in [5.41, 5.74) is 1.46. The van der Waals surface area contributed by atoms with Crippen molar-refractivity contribution in [3.05, 3.63) is 94.9 Å². The number of nitrogens with zero attached hydrogens (tertiary/aromatic N) is 2. The van der Waals surface area contributed by atoms with Gasteiger partial charge in [-0.15, -0.1) is 0 Å². The zero-order chi connectivity index (χ0) is 24.3. The predicted octanol–water partition coefficient (Wildman–Crippen LogP) is 7.10. The van der Waals surface area contributed by atoms with Crippen molar-refractivity contribution in [2.75, 3.05) is 0 Å². The number of para-hydroxylation sites is 1. The first-order valence-electron chi connectivity index (χ1n) is 10.8. The number of halogens is 1. The summed E-state index contributed by atoms with van der Waals surface area (Å²) in [6.07, 6.45) is 0. The number of fused-ring (bicyclic) bond motifs is 2. The van der Waals surface area contributed by atoms with Crippen molar-refractivity contribution in [2.45, 2.75) is 6.92 Å². The van der Waals surface area contributed by atoms with E-state index in [0.717, 1.165) is 15.5 Å². The summed E-state index contributed by atoms with van der Waals surface area (Å²) < 4.78 is 7.78. The maximum absolute atomic E-state index is 13.6. The smallest absolute Gasteiger partial charge is 0.242 e. The number of hydrogen-bond acceptors (Lipinski definition) is 6. The number of aromatic nitrogens is 2. The van der Waals surface area contributed by atoms with Gasteiger partial charge in [-0.2, -0.15) is 0 Å². The molecular weight excluding hydrogens is 484 g/mol. The van der Waals surface area contributed by atoms with E-state index >= 15 is 0 Å². The molecule has 0 spiro atoms. The molecule has 8 heteroatoms. The van der Waals surface area contributed by atoms with Crippen LogP contribution in [0.3, 0.4) is 0 Å². The van der Waals surface area contributed by atoms with Crippen LogP contribution in [0.5, 0.6) is 11.6 Å². The van der Waals surface area contributed by atoms with E-state index in [1.54, 1.807) is 25.1 Å². The van der Waals surface area contributed by atoms with Gasteiger partial charge >= 0.3 is 0 Å². The Hall–Kier alpha value is -4.07. The van der Waals surface area contributed by atoms with Gasteiger partial charge in [0, 0.05) is 5.56 Å². The topological polar surface area (TPSA) is 88.5 Å². The molecule has 35 heavy (non-hydrogen) atoms. The van der Waals surface area contributed by atoms with Crippen LogP contribution in [-0.4, -0.2) is 25.5 Å². The monoisotopic (exact) mass is 500 g/mol. The third-order valence-corrected chi connectivity index (χ3v) is 7.22. The van der Waals surface area contributed by atoms with Gasteiger partial charge in [-0.05, 0) is 42.0 Å². The molecule has 6 nitrogen and oxygen atoms in total. The fourth-order valence-electron chi connectivity index (χ4n) is 4.31. The van der Waals surface area contributed by atoms with Crippen LogP contribution < -0.4 is 0 Å². The van der Waals surface area contributed by atoms with E-state index in [1.165, 1.54) is 15.9 Å². The van der Waals surface area contributed by atoms with Crippen LogP contribution in [0, 0.1) is 6.92 Å². The third kappa shape index (κ3) is 3.31. The highest BCUT2D eigenvalue weighted by atomic mass is 35.5. The van der Waals surface area contributed by atoms with Gasteiger partial charge in [0.2, 0.25) is 11.7 Å². The van der Waals surface area contributed by atoms with E-state index in [2.05, 4.69) is 4.98 Å². The Balaban J connectivity index is 1.72. The second-order valence-corrected chi connectivity index (χ2v) is 9.50. The first-order valence-corrected chi connectivity index (χ1v) is 11.9. The summed E-state index contributed by atoms with van der Waals surface area (Å²) in [4.78, 5) is 18.3. The highest BCUT2D eigenvalue weighted by Gasteiger charge is 2.33. The molecule has 3 aromatic carbocycles. The van der Waals surface area contributed by atoms with Gasteiger partial charge in [-0.25, -0.2) is 4.98 Å². The summed E-state index contributed by atoms with van der Waals surface area (Å²) in [6, 6.07) is 22.0. The number of carbonyl (C=O) groups is 1. The maximum Gasteiger partial charge on any atom is 0.242 e. The molecule has 2 N–H and O–H groups in total. The minimum Gasteiger partial charge on any atom is -0.503 e. The number of rotatable bonds is 4. The summed E-state index contributed by atoms with van der Waals surface area (Å²) in [6.45, 7) is 1.73. The number of hydrogen-bond donors (Lipinski definition) is 2. The molecule has 3 aromatic heterocycles. The fourth-order valence-corrected chi connectivity index (χ4v) is 5.59. The van der Waals surface area contributed by atoms with Crippen LogP contribution in [0.4, 0.5) is 0 Å². The Morgan fingerprint density at radius 2 is 1.77 bits per heavy atom. The van der Waals surface area contributed by atoms with Gasteiger partial charge < -0.3 is 14.6 Å². The molecule has 0 radical (unpaired) electrons. The molecule has 6 aromatic rings. The molecule has 0 fully saturated rings. The molecule has 0 atom stereocenters. The molecule has 0 saturated heterocycles. The summed E-state index contributed by atoms with van der Waals surface area (Å²) in [7, 11) is 0. The summed E-state index contributed by atoms with van der Waals surface area (Å²) >= 11 is 7.65. The quantitative estimate of drug-likeness (QED) is 0.252. The molecule has 3 heterocycles. The van der Waals surface area contributed by atoms with Crippen molar-refractivity contribution < 1.29 is 19.4 Å². The highest BCUT2D eigenvalue weighted by Crippen LogP contribution is 2.47. The highest BCUT2D eigenvalue weighted by molar-refractivity contribution is 7.21. The fraction of sp³-hybridized carbons (Fsp3) is 0.0370. The molecule has 172 valence electrons. The lowest BCUT2D eigenvalue weighted by Crippen LogP contribution is -2.04. The van der Waals surface area contributed by atoms with Crippen molar-refractivity contribution in [2.24, 2.45) is 0 Å². The van der Waals surface area contributed by atoms with Crippen LogP contribution >= 0.6 is 22.9 Å². The van der Waals surface area contributed by atoms with Gasteiger partial charge in [0.05, 0.1) is 21.0 Å². The molecule has 0 aliphatic carbocycles. The molecular formula is C27H17ClN2O4S. The van der Waals surface area contributed by atoms with Crippen molar-refractivity contribution in [1.29, 1.82) is 0 Å². The minimum absolute atomic E-state index is 0.0591. The number of aryl methyl sites for hydroxylation is 1. The second-order valence-electron chi connectivity index (χ2n) is 8.08. The Labute approximate surface area is 208 Å². The lowest BCUT2D eigenvalue weighted by atomic mass is 9.97. The van der Waals surface area contributed by atoms with Gasteiger partial charge in [0.1, 0.15) is 11.3 Å². The van der Waals surface area contributed by atoms with Crippen LogP contribution in [0.1, 0.15) is 21.9 Å². The Morgan fingerprint density at radius 1 is 1.00 bits per heavy atom. The normalized spacial score (nSPS) is 11.5. The maximum atomic E-state index is 13.6. The number of ketones is 1. The third-order valence-electron chi connectivity index (χ3n) is 5.91. The molecule has 6 rings (SSSR count). The van der Waals surface area contributed by atoms with Gasteiger partial charge in [0.25, 0.3) is 0 Å². The van der Waals surface area contributed by atoms with Gasteiger partial charge in [-0.1, -0.05) is 71.5 Å². The average molecular weight is 501 g/mol. The number of furan rings is 1. The van der Waals surface area contributed by atoms with Crippen molar-refractivity contribution in [1.82, 2.24) is 9.55 Å². The van der Waals surface area contributed by atoms with Crippen molar-refractivity contribution >= 4 is 49.7 Å². The molecule has 0 bridgehead atoms. The Kier molecular flexibility index (Phi) is 4.91. The summed E-state index contributed by atoms with van der Waals surface area (Å²) in [5, 5.41) is 24.8. The van der Waals surface area contributed by atoms with E-state index < -0.39 is 17.4 Å². The van der Waals surface area contributed by atoms with E-state index in [9.17, 15) is 15.0 Å². The van der Waals surface area contributed by atoms with Crippen LogP contribution in [0.15, 0.2) is 77.2 Å². The van der Waals surface area contributed by atoms with Crippen molar-refractivity contribution in [3.8, 4) is 28.0 Å². The van der Waals surface area contributed by atoms with Crippen LogP contribution in [0.2, 0.25) is 5.02 Å². The average Bonchev–Trinajstić information content (AvgIpc) is 3.55. The van der Waals surface area contributed by atoms with Crippen molar-refractivity contribution in [3.63, 3.8) is 0 Å². The minimum atomic E-state index is -0.549. The van der Waals surface area contributed by atoms with E-state index in [-0.39, 0.29) is 11.3 Å². The van der Waals surface area contributed by atoms with E-state index in [4.69, 9.17) is 16.0 Å². The standard InChI is InChI=1S/C27H17ClN2O4S/c1-14-12-13-19(34-14)24(31)21-23(17-9-4-7-15-6-2-3-8-16(15)17)30(26(33)25(21)32)27-29-22-18(28)10-5-11-20(22)35-27/h2-13,32-33H,1H3. The Bertz CT molecular complexity index is 1770. The SMILES string of the molecule is Cc1ccc(C(=O)c2c(O)c(O)n(-c3nc4c(Cl)cccc4s3)c2-c2cccc3ccccc23)o1. The lowest BCUT2D eigenvalue weighted by Gasteiger charge is -2.12. The first-order chi connectivity index (χ1) is 16.9. The van der Waals surface area contributed by atoms with E-state index in [1.807, 2.05) is 54.6 Å². The molecule has 0 unspecified atom stereocenters.